The lowest BCUT2D eigenvalue weighted by Crippen LogP contribution is -2.41. The number of likely N-dealkylation sites (tertiary alicyclic amines) is 1. The highest BCUT2D eigenvalue weighted by Gasteiger charge is 2.31. The highest BCUT2D eigenvalue weighted by Crippen LogP contribution is 2.26. The predicted octanol–water partition coefficient (Wildman–Crippen LogP) is 0.803. The molecule has 2 fully saturated rings. The molecular formula is C18H25N3O2. The molecule has 0 unspecified atom stereocenters. The third kappa shape index (κ3) is 4.32. The van der Waals surface area contributed by atoms with Gasteiger partial charge in [0.1, 0.15) is 0 Å². The zero-order valence-corrected chi connectivity index (χ0v) is 13.5. The molecule has 1 aromatic carbocycles. The standard InChI is InChI=1S/C18H25N3O2/c22-17(10-14-4-2-1-3-5-14)20-13-18(23)21-8-6-15-11-19-12-16(15)7-9-21/h1-5,15-16,19H,6-13H2,(H,20,22)/t15-,16+. The Kier molecular flexibility index (Phi) is 5.28. The van der Waals surface area contributed by atoms with Gasteiger partial charge in [0.2, 0.25) is 11.8 Å². The van der Waals surface area contributed by atoms with Crippen molar-refractivity contribution < 1.29 is 9.59 Å². The van der Waals surface area contributed by atoms with Crippen LogP contribution in [0.1, 0.15) is 18.4 Å². The average molecular weight is 315 g/mol. The molecular weight excluding hydrogens is 290 g/mol. The van der Waals surface area contributed by atoms with Crippen LogP contribution in [0.3, 0.4) is 0 Å². The molecule has 2 aliphatic heterocycles. The molecule has 5 heteroatoms. The average Bonchev–Trinajstić information content (AvgIpc) is 2.92. The summed E-state index contributed by atoms with van der Waals surface area (Å²) in [7, 11) is 0. The summed E-state index contributed by atoms with van der Waals surface area (Å²) < 4.78 is 0. The quantitative estimate of drug-likeness (QED) is 0.864. The van der Waals surface area contributed by atoms with Crippen LogP contribution in [0.25, 0.3) is 0 Å². The molecule has 2 heterocycles. The van der Waals surface area contributed by atoms with Crippen molar-refractivity contribution in [2.75, 3.05) is 32.7 Å². The summed E-state index contributed by atoms with van der Waals surface area (Å²) in [6.07, 6.45) is 2.46. The molecule has 3 rings (SSSR count). The van der Waals surface area contributed by atoms with Crippen molar-refractivity contribution in [3.63, 3.8) is 0 Å². The number of nitrogens with one attached hydrogen (secondary N) is 2. The molecule has 0 aromatic heterocycles. The zero-order valence-electron chi connectivity index (χ0n) is 13.5. The minimum atomic E-state index is -0.0968. The van der Waals surface area contributed by atoms with E-state index < -0.39 is 0 Å². The molecule has 2 aliphatic rings. The first-order valence-corrected chi connectivity index (χ1v) is 8.51. The van der Waals surface area contributed by atoms with Gasteiger partial charge in [0.25, 0.3) is 0 Å². The van der Waals surface area contributed by atoms with Gasteiger partial charge in [-0.1, -0.05) is 30.3 Å². The van der Waals surface area contributed by atoms with Crippen LogP contribution in [0.15, 0.2) is 30.3 Å². The van der Waals surface area contributed by atoms with E-state index in [4.69, 9.17) is 0 Å². The van der Waals surface area contributed by atoms with Gasteiger partial charge in [0.15, 0.2) is 0 Å². The Morgan fingerprint density at radius 1 is 1.09 bits per heavy atom. The second-order valence-corrected chi connectivity index (χ2v) is 6.58. The van der Waals surface area contributed by atoms with Gasteiger partial charge in [0, 0.05) is 13.1 Å². The molecule has 2 atom stereocenters. The van der Waals surface area contributed by atoms with E-state index >= 15 is 0 Å². The van der Waals surface area contributed by atoms with Crippen molar-refractivity contribution in [3.8, 4) is 0 Å². The number of carbonyl (C=O) groups is 2. The first kappa shape index (κ1) is 16.0. The van der Waals surface area contributed by atoms with Gasteiger partial charge in [-0.25, -0.2) is 0 Å². The lowest BCUT2D eigenvalue weighted by molar-refractivity contribution is -0.132. The summed E-state index contributed by atoms with van der Waals surface area (Å²) in [5, 5.41) is 6.20. The van der Waals surface area contributed by atoms with Crippen LogP contribution in [-0.2, 0) is 16.0 Å². The first-order chi connectivity index (χ1) is 11.2. The highest BCUT2D eigenvalue weighted by molar-refractivity contribution is 5.85. The highest BCUT2D eigenvalue weighted by atomic mass is 16.2. The molecule has 23 heavy (non-hydrogen) atoms. The largest absolute Gasteiger partial charge is 0.347 e. The Labute approximate surface area is 137 Å². The van der Waals surface area contributed by atoms with E-state index in [-0.39, 0.29) is 18.4 Å². The summed E-state index contributed by atoms with van der Waals surface area (Å²) in [5.74, 6) is 1.36. The van der Waals surface area contributed by atoms with E-state index in [1.54, 1.807) is 0 Å². The van der Waals surface area contributed by atoms with Crippen molar-refractivity contribution in [1.82, 2.24) is 15.5 Å². The SMILES string of the molecule is O=C(Cc1ccccc1)NCC(=O)N1CC[C@@H]2CNC[C@@H]2CC1. The van der Waals surface area contributed by atoms with E-state index in [0.29, 0.717) is 18.3 Å². The molecule has 2 amide bonds. The van der Waals surface area contributed by atoms with Gasteiger partial charge in [0.05, 0.1) is 13.0 Å². The molecule has 0 aliphatic carbocycles. The predicted molar refractivity (Wildman–Crippen MR) is 88.8 cm³/mol. The zero-order chi connectivity index (χ0) is 16.1. The summed E-state index contributed by atoms with van der Waals surface area (Å²) in [5.41, 5.74) is 0.965. The third-order valence-electron chi connectivity index (χ3n) is 5.02. The van der Waals surface area contributed by atoms with Crippen LogP contribution in [0, 0.1) is 11.8 Å². The number of amides is 2. The van der Waals surface area contributed by atoms with Crippen molar-refractivity contribution in [2.45, 2.75) is 19.3 Å². The number of fused-ring (bicyclic) bond motifs is 1. The maximum atomic E-state index is 12.3. The monoisotopic (exact) mass is 315 g/mol. The Morgan fingerprint density at radius 2 is 1.74 bits per heavy atom. The molecule has 124 valence electrons. The summed E-state index contributed by atoms with van der Waals surface area (Å²) in [6, 6.07) is 9.59. The number of carbonyl (C=O) groups excluding carboxylic acids is 2. The van der Waals surface area contributed by atoms with Crippen LogP contribution in [0.5, 0.6) is 0 Å². The Hall–Kier alpha value is -1.88. The van der Waals surface area contributed by atoms with Gasteiger partial charge in [-0.15, -0.1) is 0 Å². The van der Waals surface area contributed by atoms with Gasteiger partial charge in [-0.3, -0.25) is 9.59 Å². The number of benzene rings is 1. The van der Waals surface area contributed by atoms with Crippen molar-refractivity contribution >= 4 is 11.8 Å². The maximum Gasteiger partial charge on any atom is 0.241 e. The smallest absolute Gasteiger partial charge is 0.241 e. The van der Waals surface area contributed by atoms with E-state index in [9.17, 15) is 9.59 Å². The lowest BCUT2D eigenvalue weighted by atomic mass is 9.92. The number of nitrogens with zero attached hydrogens (tertiary/aromatic N) is 1. The fourth-order valence-corrected chi connectivity index (χ4v) is 3.60. The fraction of sp³-hybridized carbons (Fsp3) is 0.556. The minimum absolute atomic E-state index is 0.0411. The third-order valence-corrected chi connectivity index (χ3v) is 5.02. The van der Waals surface area contributed by atoms with Crippen LogP contribution >= 0.6 is 0 Å². The molecule has 5 nitrogen and oxygen atoms in total. The lowest BCUT2D eigenvalue weighted by Gasteiger charge is -2.21. The van der Waals surface area contributed by atoms with E-state index in [0.717, 1.165) is 44.6 Å². The molecule has 0 bridgehead atoms. The van der Waals surface area contributed by atoms with Crippen LogP contribution in [0.2, 0.25) is 0 Å². The second kappa shape index (κ2) is 7.59. The van der Waals surface area contributed by atoms with Gasteiger partial charge < -0.3 is 15.5 Å². The van der Waals surface area contributed by atoms with Crippen molar-refractivity contribution in [1.29, 1.82) is 0 Å². The van der Waals surface area contributed by atoms with Crippen LogP contribution in [-0.4, -0.2) is 49.4 Å². The molecule has 1 aromatic rings. The Morgan fingerprint density at radius 3 is 2.39 bits per heavy atom. The van der Waals surface area contributed by atoms with E-state index in [1.165, 1.54) is 0 Å². The summed E-state index contributed by atoms with van der Waals surface area (Å²) in [4.78, 5) is 26.2. The van der Waals surface area contributed by atoms with E-state index in [2.05, 4.69) is 10.6 Å². The summed E-state index contributed by atoms with van der Waals surface area (Å²) >= 11 is 0. The minimum Gasteiger partial charge on any atom is -0.347 e. The van der Waals surface area contributed by atoms with Crippen LogP contribution < -0.4 is 10.6 Å². The maximum absolute atomic E-state index is 12.3. The second-order valence-electron chi connectivity index (χ2n) is 6.58. The molecule has 0 spiro atoms. The van der Waals surface area contributed by atoms with Gasteiger partial charge in [-0.05, 0) is 43.3 Å². The molecule has 2 N–H and O–H groups in total. The number of hydrogen-bond donors (Lipinski definition) is 2. The number of rotatable bonds is 4. The van der Waals surface area contributed by atoms with E-state index in [1.807, 2.05) is 35.2 Å². The normalized spacial score (nSPS) is 23.9. The fourth-order valence-electron chi connectivity index (χ4n) is 3.60. The summed E-state index contributed by atoms with van der Waals surface area (Å²) in [6.45, 7) is 3.91. The van der Waals surface area contributed by atoms with Crippen molar-refractivity contribution in [3.05, 3.63) is 35.9 Å². The molecule has 0 saturated carbocycles. The first-order valence-electron chi connectivity index (χ1n) is 8.51. The van der Waals surface area contributed by atoms with Crippen LogP contribution in [0.4, 0.5) is 0 Å². The van der Waals surface area contributed by atoms with Gasteiger partial charge in [-0.2, -0.15) is 0 Å². The molecule has 0 radical (unpaired) electrons. The Bertz CT molecular complexity index is 532. The Balaban J connectivity index is 1.43. The van der Waals surface area contributed by atoms with Crippen molar-refractivity contribution in [2.24, 2.45) is 11.8 Å². The van der Waals surface area contributed by atoms with Gasteiger partial charge >= 0.3 is 0 Å². The molecule has 2 saturated heterocycles. The topological polar surface area (TPSA) is 61.4 Å². The number of hydrogen-bond acceptors (Lipinski definition) is 3.